The molecule has 0 bridgehead atoms. The molecule has 0 aliphatic carbocycles. The minimum Gasteiger partial charge on any atom is -0.394 e. The van der Waals surface area contributed by atoms with Crippen LogP contribution in [-0.2, 0) is 6.54 Å². The van der Waals surface area contributed by atoms with Crippen molar-refractivity contribution in [2.75, 3.05) is 18.1 Å². The first kappa shape index (κ1) is 13.8. The Bertz CT molecular complexity index is 397. The van der Waals surface area contributed by atoms with Crippen molar-refractivity contribution in [3.63, 3.8) is 0 Å². The lowest BCUT2D eigenvalue weighted by Crippen LogP contribution is -2.37. The molecule has 0 radical (unpaired) electrons. The molecule has 0 amide bonds. The molecule has 1 heterocycles. The van der Waals surface area contributed by atoms with Crippen molar-refractivity contribution in [2.24, 2.45) is 5.73 Å². The van der Waals surface area contributed by atoms with Gasteiger partial charge in [-0.25, -0.2) is 0 Å². The van der Waals surface area contributed by atoms with E-state index in [1.807, 2.05) is 0 Å². The lowest BCUT2D eigenvalue weighted by molar-refractivity contribution is 0.255. The number of aliphatic hydroxyl groups excluding tert-OH is 1. The monoisotopic (exact) mass is 312 g/mol. The second-order valence-corrected chi connectivity index (χ2v) is 5.71. The van der Waals surface area contributed by atoms with E-state index in [0.29, 0.717) is 6.54 Å². The second kappa shape index (κ2) is 6.55. The van der Waals surface area contributed by atoms with Crippen molar-refractivity contribution in [1.82, 2.24) is 0 Å². The largest absolute Gasteiger partial charge is 0.394 e. The number of hydrogen-bond acceptors (Lipinski definition) is 3. The highest BCUT2D eigenvalue weighted by molar-refractivity contribution is 9.10. The maximum Gasteiger partial charge on any atom is 0.0635 e. The standard InChI is InChI=1S/C14H21BrN2O/c15-14-8-12(6-5-11(14)9-16)17-7-3-1-2-4-13(17)10-18/h5-6,8,13,18H,1-4,7,9-10,16H2. The van der Waals surface area contributed by atoms with E-state index in [-0.39, 0.29) is 12.6 Å². The number of anilines is 1. The smallest absolute Gasteiger partial charge is 0.0635 e. The summed E-state index contributed by atoms with van der Waals surface area (Å²) in [5, 5.41) is 9.54. The zero-order chi connectivity index (χ0) is 13.0. The van der Waals surface area contributed by atoms with E-state index in [1.54, 1.807) is 0 Å². The molecule has 1 aromatic carbocycles. The van der Waals surface area contributed by atoms with Gasteiger partial charge in [-0.1, -0.05) is 34.8 Å². The summed E-state index contributed by atoms with van der Waals surface area (Å²) < 4.78 is 1.06. The maximum absolute atomic E-state index is 9.54. The van der Waals surface area contributed by atoms with E-state index in [4.69, 9.17) is 5.73 Å². The number of rotatable bonds is 3. The summed E-state index contributed by atoms with van der Waals surface area (Å²) in [5.41, 5.74) is 7.97. The first-order valence-corrected chi connectivity index (χ1v) is 7.41. The predicted molar refractivity (Wildman–Crippen MR) is 78.7 cm³/mol. The van der Waals surface area contributed by atoms with E-state index >= 15 is 0 Å². The van der Waals surface area contributed by atoms with E-state index in [2.05, 4.69) is 39.0 Å². The molecule has 4 heteroatoms. The summed E-state index contributed by atoms with van der Waals surface area (Å²) in [7, 11) is 0. The van der Waals surface area contributed by atoms with Crippen LogP contribution in [0.3, 0.4) is 0 Å². The Hall–Kier alpha value is -0.580. The molecule has 2 rings (SSSR count). The quantitative estimate of drug-likeness (QED) is 0.902. The van der Waals surface area contributed by atoms with Crippen LogP contribution in [0, 0.1) is 0 Å². The molecule has 1 fully saturated rings. The van der Waals surface area contributed by atoms with Gasteiger partial charge in [0.25, 0.3) is 0 Å². The molecule has 0 aromatic heterocycles. The van der Waals surface area contributed by atoms with Crippen LogP contribution < -0.4 is 10.6 Å². The third-order valence-corrected chi connectivity index (χ3v) is 4.41. The maximum atomic E-state index is 9.54. The van der Waals surface area contributed by atoms with Gasteiger partial charge in [-0.05, 0) is 30.5 Å². The Morgan fingerprint density at radius 3 is 2.83 bits per heavy atom. The Morgan fingerprint density at radius 2 is 2.17 bits per heavy atom. The van der Waals surface area contributed by atoms with Crippen LogP contribution in [0.1, 0.15) is 31.2 Å². The molecule has 1 aliphatic rings. The van der Waals surface area contributed by atoms with Crippen molar-refractivity contribution < 1.29 is 5.11 Å². The molecule has 0 saturated carbocycles. The van der Waals surface area contributed by atoms with Crippen LogP contribution in [0.25, 0.3) is 0 Å². The first-order chi connectivity index (χ1) is 8.76. The van der Waals surface area contributed by atoms with Crippen molar-refractivity contribution >= 4 is 21.6 Å². The van der Waals surface area contributed by atoms with E-state index in [0.717, 1.165) is 23.0 Å². The molecule has 1 saturated heterocycles. The lowest BCUT2D eigenvalue weighted by Gasteiger charge is -2.31. The summed E-state index contributed by atoms with van der Waals surface area (Å²) in [6, 6.07) is 6.55. The van der Waals surface area contributed by atoms with E-state index in [9.17, 15) is 5.11 Å². The third-order valence-electron chi connectivity index (χ3n) is 3.68. The number of halogens is 1. The molecular weight excluding hydrogens is 292 g/mol. The average Bonchev–Trinajstić information content (AvgIpc) is 2.63. The zero-order valence-electron chi connectivity index (χ0n) is 10.6. The van der Waals surface area contributed by atoms with E-state index < -0.39 is 0 Å². The van der Waals surface area contributed by atoms with Crippen LogP contribution in [-0.4, -0.2) is 24.3 Å². The molecule has 0 spiro atoms. The van der Waals surface area contributed by atoms with Gasteiger partial charge < -0.3 is 15.7 Å². The molecule has 3 nitrogen and oxygen atoms in total. The van der Waals surface area contributed by atoms with Gasteiger partial charge in [0.15, 0.2) is 0 Å². The highest BCUT2D eigenvalue weighted by Crippen LogP contribution is 2.28. The van der Waals surface area contributed by atoms with Crippen molar-refractivity contribution in [1.29, 1.82) is 0 Å². The van der Waals surface area contributed by atoms with Crippen molar-refractivity contribution in [3.05, 3.63) is 28.2 Å². The number of nitrogens with two attached hydrogens (primary N) is 1. The molecule has 1 aliphatic heterocycles. The van der Waals surface area contributed by atoms with Gasteiger partial charge in [0.05, 0.1) is 12.6 Å². The average molecular weight is 313 g/mol. The topological polar surface area (TPSA) is 49.5 Å². The van der Waals surface area contributed by atoms with Crippen LogP contribution in [0.2, 0.25) is 0 Å². The van der Waals surface area contributed by atoms with Gasteiger partial charge in [-0.15, -0.1) is 0 Å². The highest BCUT2D eigenvalue weighted by atomic mass is 79.9. The normalized spacial score (nSPS) is 20.8. The number of aliphatic hydroxyl groups is 1. The van der Waals surface area contributed by atoms with Crippen LogP contribution >= 0.6 is 15.9 Å². The fourth-order valence-electron chi connectivity index (χ4n) is 2.59. The summed E-state index contributed by atoms with van der Waals surface area (Å²) in [6.45, 7) is 1.81. The Kier molecular flexibility index (Phi) is 5.03. The van der Waals surface area contributed by atoms with Gasteiger partial charge in [-0.3, -0.25) is 0 Å². The second-order valence-electron chi connectivity index (χ2n) is 4.86. The van der Waals surface area contributed by atoms with Crippen LogP contribution in [0.15, 0.2) is 22.7 Å². The molecular formula is C14H21BrN2O. The summed E-state index contributed by atoms with van der Waals surface area (Å²) in [6.07, 6.45) is 4.75. The molecule has 1 unspecified atom stereocenters. The van der Waals surface area contributed by atoms with Gasteiger partial charge >= 0.3 is 0 Å². The highest BCUT2D eigenvalue weighted by Gasteiger charge is 2.20. The predicted octanol–water partition coefficient (Wildman–Crippen LogP) is 2.65. The summed E-state index contributed by atoms with van der Waals surface area (Å²) in [5.74, 6) is 0. The number of nitrogens with zero attached hydrogens (tertiary/aromatic N) is 1. The van der Waals surface area contributed by atoms with E-state index in [1.165, 1.54) is 24.9 Å². The summed E-state index contributed by atoms with van der Waals surface area (Å²) in [4.78, 5) is 2.33. The van der Waals surface area contributed by atoms with Crippen molar-refractivity contribution in [3.8, 4) is 0 Å². The molecule has 1 aromatic rings. The Morgan fingerprint density at radius 1 is 1.33 bits per heavy atom. The molecule has 100 valence electrons. The van der Waals surface area contributed by atoms with Crippen LogP contribution in [0.4, 0.5) is 5.69 Å². The molecule has 1 atom stereocenters. The van der Waals surface area contributed by atoms with Gasteiger partial charge in [0, 0.05) is 23.2 Å². The van der Waals surface area contributed by atoms with Crippen molar-refractivity contribution in [2.45, 2.75) is 38.3 Å². The third kappa shape index (κ3) is 3.05. The molecule has 18 heavy (non-hydrogen) atoms. The van der Waals surface area contributed by atoms with Crippen LogP contribution in [0.5, 0.6) is 0 Å². The minimum atomic E-state index is 0.232. The van der Waals surface area contributed by atoms with Gasteiger partial charge in [0.2, 0.25) is 0 Å². The summed E-state index contributed by atoms with van der Waals surface area (Å²) >= 11 is 3.57. The molecule has 3 N–H and O–H groups in total. The van der Waals surface area contributed by atoms with Gasteiger partial charge in [-0.2, -0.15) is 0 Å². The Balaban J connectivity index is 2.24. The minimum absolute atomic E-state index is 0.232. The first-order valence-electron chi connectivity index (χ1n) is 6.62. The lowest BCUT2D eigenvalue weighted by atomic mass is 10.1. The Labute approximate surface area is 117 Å². The fraction of sp³-hybridized carbons (Fsp3) is 0.571. The zero-order valence-corrected chi connectivity index (χ0v) is 12.2. The van der Waals surface area contributed by atoms with Gasteiger partial charge in [0.1, 0.15) is 0 Å². The number of benzene rings is 1. The fourth-order valence-corrected chi connectivity index (χ4v) is 3.12. The SMILES string of the molecule is NCc1ccc(N2CCCCCC2CO)cc1Br. The number of hydrogen-bond donors (Lipinski definition) is 2.